The Kier molecular flexibility index (Phi) is 15.2. The third-order valence-electron chi connectivity index (χ3n) is 4.37. The van der Waals surface area contributed by atoms with Gasteiger partial charge in [-0.1, -0.05) is 0 Å². The molecule has 0 bridgehead atoms. The number of hydrogen-bond donors (Lipinski definition) is 3. The first-order valence-electron chi connectivity index (χ1n) is 9.21. The van der Waals surface area contributed by atoms with Crippen LogP contribution in [0, 0.1) is 5.92 Å². The van der Waals surface area contributed by atoms with E-state index in [1.807, 2.05) is 6.92 Å². The number of hydrogen-bond acceptors (Lipinski definition) is 4. The number of carbonyl (C=O) groups is 1. The first-order valence-corrected chi connectivity index (χ1v) is 9.21. The van der Waals surface area contributed by atoms with Gasteiger partial charge < -0.3 is 26.0 Å². The maximum atomic E-state index is 11.2. The highest BCUT2D eigenvalue weighted by Crippen LogP contribution is 2.16. The second-order valence-electron chi connectivity index (χ2n) is 6.20. The van der Waals surface area contributed by atoms with Crippen molar-refractivity contribution in [2.45, 2.75) is 39.0 Å². The van der Waals surface area contributed by atoms with Crippen molar-refractivity contribution in [3.8, 4) is 0 Å². The van der Waals surface area contributed by atoms with E-state index < -0.39 is 0 Å². The van der Waals surface area contributed by atoms with Crippen molar-refractivity contribution in [1.29, 1.82) is 0 Å². The molecule has 0 atom stereocenters. The lowest BCUT2D eigenvalue weighted by Gasteiger charge is -2.30. The number of nitrogens with one attached hydrogen (secondary N) is 2. The van der Waals surface area contributed by atoms with Crippen molar-refractivity contribution in [3.05, 3.63) is 0 Å². The van der Waals surface area contributed by atoms with Gasteiger partial charge in [-0.05, 0) is 58.7 Å². The molecule has 1 aliphatic heterocycles. The number of piperidine rings is 1. The van der Waals surface area contributed by atoms with Gasteiger partial charge in [-0.3, -0.25) is 9.79 Å². The second-order valence-corrected chi connectivity index (χ2v) is 6.20. The Morgan fingerprint density at radius 2 is 1.84 bits per heavy atom. The summed E-state index contributed by atoms with van der Waals surface area (Å²) in [5.41, 5.74) is 5.36. The predicted molar refractivity (Wildman–Crippen MR) is 113 cm³/mol. The SMILES string of the molecule is CCOCCCNC(=NC)NCCCCN1CCC(C(N)=O)CC1.I. The molecule has 148 valence electrons. The second kappa shape index (κ2) is 15.6. The number of ether oxygens (including phenoxy) is 1. The fraction of sp³-hybridized carbons (Fsp3) is 0.882. The molecule has 0 aromatic rings. The molecule has 7 nitrogen and oxygen atoms in total. The fourth-order valence-electron chi connectivity index (χ4n) is 2.85. The number of amides is 1. The number of nitrogens with two attached hydrogens (primary N) is 1. The van der Waals surface area contributed by atoms with Crippen LogP contribution in [0.1, 0.15) is 39.0 Å². The zero-order chi connectivity index (χ0) is 17.6. The van der Waals surface area contributed by atoms with E-state index >= 15 is 0 Å². The lowest BCUT2D eigenvalue weighted by Crippen LogP contribution is -2.40. The maximum absolute atomic E-state index is 11.2. The van der Waals surface area contributed by atoms with E-state index in [2.05, 4.69) is 20.5 Å². The van der Waals surface area contributed by atoms with Crippen molar-refractivity contribution in [2.24, 2.45) is 16.6 Å². The van der Waals surface area contributed by atoms with Gasteiger partial charge in [0, 0.05) is 39.3 Å². The van der Waals surface area contributed by atoms with E-state index in [0.717, 1.165) is 84.0 Å². The number of rotatable bonds is 11. The minimum absolute atomic E-state index is 0. The van der Waals surface area contributed by atoms with Crippen LogP contribution in [-0.2, 0) is 9.53 Å². The number of carbonyl (C=O) groups excluding carboxylic acids is 1. The molecule has 1 fully saturated rings. The van der Waals surface area contributed by atoms with Gasteiger partial charge in [-0.25, -0.2) is 0 Å². The van der Waals surface area contributed by atoms with Gasteiger partial charge in [-0.2, -0.15) is 0 Å². The quantitative estimate of drug-likeness (QED) is 0.183. The fourth-order valence-corrected chi connectivity index (χ4v) is 2.85. The summed E-state index contributed by atoms with van der Waals surface area (Å²) in [6.45, 7) is 8.42. The summed E-state index contributed by atoms with van der Waals surface area (Å²) >= 11 is 0. The van der Waals surface area contributed by atoms with Gasteiger partial charge in [0.05, 0.1) is 0 Å². The predicted octanol–water partition coefficient (Wildman–Crippen LogP) is 1.17. The summed E-state index contributed by atoms with van der Waals surface area (Å²) in [4.78, 5) is 17.8. The Hall–Kier alpha value is -0.610. The molecular weight excluding hydrogens is 433 g/mol. The van der Waals surface area contributed by atoms with E-state index in [0.29, 0.717) is 0 Å². The molecule has 0 unspecified atom stereocenters. The molecule has 8 heteroatoms. The van der Waals surface area contributed by atoms with Crippen LogP contribution in [0.25, 0.3) is 0 Å². The standard InChI is InChI=1S/C17H35N5O2.HI/c1-3-24-14-6-10-21-17(19-2)20-9-4-5-11-22-12-7-15(8-13-22)16(18)23;/h15H,3-14H2,1-2H3,(H2,18,23)(H2,19,20,21);1H. The minimum atomic E-state index is -0.140. The topological polar surface area (TPSA) is 92.0 Å². The van der Waals surface area contributed by atoms with Gasteiger partial charge in [0.25, 0.3) is 0 Å². The number of guanidine groups is 1. The lowest BCUT2D eigenvalue weighted by atomic mass is 9.96. The van der Waals surface area contributed by atoms with Crippen molar-refractivity contribution < 1.29 is 9.53 Å². The van der Waals surface area contributed by atoms with Crippen LogP contribution in [0.15, 0.2) is 4.99 Å². The normalized spacial score (nSPS) is 16.3. The Morgan fingerprint density at radius 1 is 1.20 bits per heavy atom. The molecule has 25 heavy (non-hydrogen) atoms. The number of likely N-dealkylation sites (tertiary alicyclic amines) is 1. The summed E-state index contributed by atoms with van der Waals surface area (Å²) in [6, 6.07) is 0. The third kappa shape index (κ3) is 11.6. The van der Waals surface area contributed by atoms with Crippen molar-refractivity contribution in [1.82, 2.24) is 15.5 Å². The molecule has 1 heterocycles. The van der Waals surface area contributed by atoms with Crippen molar-refractivity contribution in [3.63, 3.8) is 0 Å². The van der Waals surface area contributed by atoms with E-state index in [1.54, 1.807) is 7.05 Å². The molecule has 1 rings (SSSR count). The van der Waals surface area contributed by atoms with Gasteiger partial charge in [0.15, 0.2) is 5.96 Å². The number of aliphatic imine (C=N–C) groups is 1. The van der Waals surface area contributed by atoms with E-state index in [1.165, 1.54) is 0 Å². The number of primary amides is 1. The van der Waals surface area contributed by atoms with Gasteiger partial charge >= 0.3 is 0 Å². The number of halogens is 1. The monoisotopic (exact) mass is 469 g/mol. The average Bonchev–Trinajstić information content (AvgIpc) is 2.59. The summed E-state index contributed by atoms with van der Waals surface area (Å²) in [6.07, 6.45) is 5.05. The highest BCUT2D eigenvalue weighted by Gasteiger charge is 2.22. The Morgan fingerprint density at radius 3 is 2.40 bits per heavy atom. The first-order chi connectivity index (χ1) is 11.7. The lowest BCUT2D eigenvalue weighted by molar-refractivity contribution is -0.123. The van der Waals surface area contributed by atoms with E-state index in [9.17, 15) is 4.79 Å². The summed E-state index contributed by atoms with van der Waals surface area (Å²) in [5, 5.41) is 6.63. The van der Waals surface area contributed by atoms with Crippen LogP contribution in [0.3, 0.4) is 0 Å². The summed E-state index contributed by atoms with van der Waals surface area (Å²) in [7, 11) is 1.79. The van der Waals surface area contributed by atoms with Crippen molar-refractivity contribution >= 4 is 35.8 Å². The zero-order valence-electron chi connectivity index (χ0n) is 15.8. The van der Waals surface area contributed by atoms with Crippen LogP contribution in [0.2, 0.25) is 0 Å². The van der Waals surface area contributed by atoms with Gasteiger partial charge in [0.2, 0.25) is 5.91 Å². The molecule has 0 aliphatic carbocycles. The molecule has 0 saturated carbocycles. The number of nitrogens with zero attached hydrogens (tertiary/aromatic N) is 2. The van der Waals surface area contributed by atoms with Crippen molar-refractivity contribution in [2.75, 3.05) is 53.0 Å². The van der Waals surface area contributed by atoms with E-state index in [4.69, 9.17) is 10.5 Å². The largest absolute Gasteiger partial charge is 0.382 e. The smallest absolute Gasteiger partial charge is 0.220 e. The van der Waals surface area contributed by atoms with Crippen LogP contribution in [0.5, 0.6) is 0 Å². The van der Waals surface area contributed by atoms with E-state index in [-0.39, 0.29) is 35.8 Å². The zero-order valence-corrected chi connectivity index (χ0v) is 18.1. The van der Waals surface area contributed by atoms with Gasteiger partial charge in [-0.15, -0.1) is 24.0 Å². The maximum Gasteiger partial charge on any atom is 0.220 e. The minimum Gasteiger partial charge on any atom is -0.382 e. The molecule has 1 aliphatic rings. The number of unbranched alkanes of at least 4 members (excludes halogenated alkanes) is 1. The molecule has 1 saturated heterocycles. The molecular formula is C17H36IN5O2. The highest BCUT2D eigenvalue weighted by atomic mass is 127. The summed E-state index contributed by atoms with van der Waals surface area (Å²) in [5.74, 6) is 0.799. The van der Waals surface area contributed by atoms with Crippen LogP contribution in [-0.4, -0.2) is 69.8 Å². The Bertz CT molecular complexity index is 374. The molecule has 0 aromatic heterocycles. The highest BCUT2D eigenvalue weighted by molar-refractivity contribution is 14.0. The van der Waals surface area contributed by atoms with Crippen LogP contribution >= 0.6 is 24.0 Å². The molecule has 4 N–H and O–H groups in total. The molecule has 0 spiro atoms. The van der Waals surface area contributed by atoms with Gasteiger partial charge in [0.1, 0.15) is 0 Å². The van der Waals surface area contributed by atoms with Crippen LogP contribution < -0.4 is 16.4 Å². The third-order valence-corrected chi connectivity index (χ3v) is 4.37. The molecule has 0 aromatic carbocycles. The molecule has 1 amide bonds. The molecule has 0 radical (unpaired) electrons. The Balaban J connectivity index is 0.00000576. The first kappa shape index (κ1) is 24.4. The average molecular weight is 469 g/mol. The Labute approximate surface area is 169 Å². The summed E-state index contributed by atoms with van der Waals surface area (Å²) < 4.78 is 5.31. The van der Waals surface area contributed by atoms with Crippen LogP contribution in [0.4, 0.5) is 0 Å².